The second-order valence-corrected chi connectivity index (χ2v) is 5.94. The summed E-state index contributed by atoms with van der Waals surface area (Å²) in [6.07, 6.45) is -4.46. The zero-order valence-corrected chi connectivity index (χ0v) is 12.6. The average Bonchev–Trinajstić information content (AvgIpc) is 2.34. The van der Waals surface area contributed by atoms with Crippen LogP contribution in [0.1, 0.15) is 20.3 Å². The van der Waals surface area contributed by atoms with E-state index in [1.807, 2.05) is 0 Å². The maximum atomic E-state index is 11.9. The highest BCUT2D eigenvalue weighted by Gasteiger charge is 2.28. The van der Waals surface area contributed by atoms with Crippen LogP contribution in [0.3, 0.4) is 0 Å². The molecule has 2 atom stereocenters. The summed E-state index contributed by atoms with van der Waals surface area (Å²) in [5, 5.41) is 2.38. The zero-order chi connectivity index (χ0) is 16.6. The highest BCUT2D eigenvalue weighted by Crippen LogP contribution is 2.20. The number of urea groups is 1. The van der Waals surface area contributed by atoms with Gasteiger partial charge in [0.15, 0.2) is 0 Å². The molecule has 0 aromatic heterocycles. The van der Waals surface area contributed by atoms with E-state index in [9.17, 15) is 27.6 Å². The summed E-state index contributed by atoms with van der Waals surface area (Å²) in [6.45, 7) is 1.65. The van der Waals surface area contributed by atoms with Gasteiger partial charge in [-0.15, -0.1) is 11.8 Å². The Morgan fingerprint density at radius 3 is 2.29 bits per heavy atom. The number of ether oxygens (including phenoxy) is 1. The van der Waals surface area contributed by atoms with E-state index >= 15 is 0 Å². The van der Waals surface area contributed by atoms with Crippen LogP contribution in [0.4, 0.5) is 18.0 Å². The van der Waals surface area contributed by atoms with Crippen LogP contribution in [0, 0.1) is 0 Å². The Kier molecular flexibility index (Phi) is 8.15. The minimum Gasteiger partial charge on any atom is -0.469 e. The van der Waals surface area contributed by atoms with Crippen molar-refractivity contribution in [2.75, 3.05) is 13.7 Å². The molecule has 0 aliphatic rings. The van der Waals surface area contributed by atoms with Crippen LogP contribution in [0.25, 0.3) is 0 Å². The molecule has 0 aliphatic heterocycles. The van der Waals surface area contributed by atoms with E-state index in [4.69, 9.17) is 0 Å². The molecule has 10 heteroatoms. The number of hydrogen-bond acceptors (Lipinski definition) is 5. The predicted octanol–water partition coefficient (Wildman–Crippen LogP) is 1.45. The van der Waals surface area contributed by atoms with E-state index in [0.29, 0.717) is 0 Å². The molecule has 0 fully saturated rings. The van der Waals surface area contributed by atoms with E-state index in [2.05, 4.69) is 4.74 Å². The van der Waals surface area contributed by atoms with Crippen molar-refractivity contribution < 1.29 is 32.3 Å². The fourth-order valence-electron chi connectivity index (χ4n) is 1.21. The van der Waals surface area contributed by atoms with Crippen LogP contribution < -0.4 is 10.6 Å². The lowest BCUT2D eigenvalue weighted by molar-refractivity contribution is -0.140. The van der Waals surface area contributed by atoms with Gasteiger partial charge >= 0.3 is 18.2 Å². The minimum atomic E-state index is -4.55. The van der Waals surface area contributed by atoms with Crippen LogP contribution in [0.2, 0.25) is 0 Å². The molecule has 122 valence electrons. The average molecular weight is 330 g/mol. The molecule has 0 heterocycles. The molecule has 0 unspecified atom stereocenters. The topological polar surface area (TPSA) is 84.5 Å². The van der Waals surface area contributed by atoms with Gasteiger partial charge in [0.05, 0.1) is 18.8 Å². The van der Waals surface area contributed by atoms with E-state index in [1.165, 1.54) is 19.4 Å². The van der Waals surface area contributed by atoms with Crippen molar-refractivity contribution in [3.05, 3.63) is 0 Å². The Hall–Kier alpha value is -1.45. The van der Waals surface area contributed by atoms with Crippen molar-refractivity contribution in [1.82, 2.24) is 10.6 Å². The Bertz CT molecular complexity index is 390. The van der Waals surface area contributed by atoms with E-state index in [0.717, 1.165) is 11.8 Å². The first kappa shape index (κ1) is 19.6. The molecule has 0 rings (SSSR count). The molecule has 0 aromatic rings. The number of hydrogen-bond donors (Lipinski definition) is 2. The first-order valence-electron chi connectivity index (χ1n) is 5.93. The number of carbonyl (C=O) groups is 3. The number of imide groups is 1. The van der Waals surface area contributed by atoms with Gasteiger partial charge in [0.2, 0.25) is 5.91 Å². The molecule has 0 aliphatic carbocycles. The number of methoxy groups -OCH3 is 1. The van der Waals surface area contributed by atoms with Gasteiger partial charge in [-0.3, -0.25) is 14.9 Å². The van der Waals surface area contributed by atoms with Crippen LogP contribution in [0.15, 0.2) is 0 Å². The standard InChI is InChI=1S/C11H17F3N2O4S/c1-6(4-8(17)20-3)21-7(2)9(18)16-10(19)15-5-11(12,13)14/h6-7H,4-5H2,1-3H3,(H2,15,16,18,19)/t6-,7+/m0/s1. The molecule has 0 saturated heterocycles. The normalized spacial score (nSPS) is 14.0. The van der Waals surface area contributed by atoms with Crippen LogP contribution in [-0.2, 0) is 14.3 Å². The van der Waals surface area contributed by atoms with Gasteiger partial charge < -0.3 is 10.1 Å². The lowest BCUT2D eigenvalue weighted by Crippen LogP contribution is -2.45. The maximum Gasteiger partial charge on any atom is 0.405 e. The van der Waals surface area contributed by atoms with Crippen LogP contribution in [0.5, 0.6) is 0 Å². The van der Waals surface area contributed by atoms with Crippen molar-refractivity contribution in [3.63, 3.8) is 0 Å². The second-order valence-electron chi connectivity index (χ2n) is 4.16. The number of rotatable bonds is 6. The van der Waals surface area contributed by atoms with Gasteiger partial charge in [-0.25, -0.2) is 4.79 Å². The fraction of sp³-hybridized carbons (Fsp3) is 0.727. The monoisotopic (exact) mass is 330 g/mol. The Balaban J connectivity index is 4.15. The molecule has 0 radical (unpaired) electrons. The first-order chi connectivity index (χ1) is 9.55. The minimum absolute atomic E-state index is 0.0824. The number of halogens is 3. The maximum absolute atomic E-state index is 11.9. The molecule has 21 heavy (non-hydrogen) atoms. The van der Waals surface area contributed by atoms with E-state index in [-0.39, 0.29) is 11.7 Å². The molecule has 3 amide bonds. The number of esters is 1. The van der Waals surface area contributed by atoms with Crippen molar-refractivity contribution >= 4 is 29.7 Å². The number of alkyl halides is 3. The van der Waals surface area contributed by atoms with Gasteiger partial charge in [-0.1, -0.05) is 6.92 Å². The summed E-state index contributed by atoms with van der Waals surface area (Å²) < 4.78 is 40.1. The third-order valence-corrected chi connectivity index (χ3v) is 3.43. The molecular weight excluding hydrogens is 313 g/mol. The highest BCUT2D eigenvalue weighted by molar-refractivity contribution is 8.01. The summed E-state index contributed by atoms with van der Waals surface area (Å²) in [7, 11) is 1.24. The Morgan fingerprint density at radius 2 is 1.81 bits per heavy atom. The number of carbonyl (C=O) groups excluding carboxylic acids is 3. The Morgan fingerprint density at radius 1 is 1.24 bits per heavy atom. The number of amides is 3. The van der Waals surface area contributed by atoms with Crippen molar-refractivity contribution in [2.24, 2.45) is 0 Å². The number of thioether (sulfide) groups is 1. The van der Waals surface area contributed by atoms with Crippen LogP contribution >= 0.6 is 11.8 Å². The second kappa shape index (κ2) is 8.75. The quantitative estimate of drug-likeness (QED) is 0.720. The van der Waals surface area contributed by atoms with Crippen molar-refractivity contribution in [1.29, 1.82) is 0 Å². The zero-order valence-electron chi connectivity index (χ0n) is 11.7. The largest absolute Gasteiger partial charge is 0.469 e. The molecular formula is C11H17F3N2O4S. The molecule has 0 bridgehead atoms. The van der Waals surface area contributed by atoms with Gasteiger partial charge in [-0.2, -0.15) is 13.2 Å². The summed E-state index contributed by atoms with van der Waals surface area (Å²) >= 11 is 1.10. The van der Waals surface area contributed by atoms with Gasteiger partial charge in [0, 0.05) is 5.25 Å². The molecule has 0 saturated carbocycles. The predicted molar refractivity (Wildman–Crippen MR) is 70.7 cm³/mol. The molecule has 6 nitrogen and oxygen atoms in total. The van der Waals surface area contributed by atoms with Crippen LogP contribution in [-0.4, -0.2) is 48.2 Å². The van der Waals surface area contributed by atoms with E-state index in [1.54, 1.807) is 12.2 Å². The lowest BCUT2D eigenvalue weighted by atomic mass is 10.3. The smallest absolute Gasteiger partial charge is 0.405 e. The molecule has 2 N–H and O–H groups in total. The van der Waals surface area contributed by atoms with Crippen molar-refractivity contribution in [3.8, 4) is 0 Å². The third kappa shape index (κ3) is 9.99. The number of nitrogens with one attached hydrogen (secondary N) is 2. The summed E-state index contributed by atoms with van der Waals surface area (Å²) in [4.78, 5) is 33.7. The van der Waals surface area contributed by atoms with Gasteiger partial charge in [0.1, 0.15) is 6.54 Å². The van der Waals surface area contributed by atoms with Crippen molar-refractivity contribution in [2.45, 2.75) is 36.9 Å². The molecule has 0 spiro atoms. The molecule has 0 aromatic carbocycles. The van der Waals surface area contributed by atoms with Gasteiger partial charge in [0.25, 0.3) is 0 Å². The van der Waals surface area contributed by atoms with E-state index < -0.39 is 35.9 Å². The van der Waals surface area contributed by atoms with Gasteiger partial charge in [-0.05, 0) is 6.92 Å². The summed E-state index contributed by atoms with van der Waals surface area (Å²) in [5.74, 6) is -1.18. The third-order valence-electron chi connectivity index (χ3n) is 2.17. The first-order valence-corrected chi connectivity index (χ1v) is 6.87. The lowest BCUT2D eigenvalue weighted by Gasteiger charge is -2.16. The highest BCUT2D eigenvalue weighted by atomic mass is 32.2. The summed E-state index contributed by atoms with van der Waals surface area (Å²) in [5.41, 5.74) is 0. The summed E-state index contributed by atoms with van der Waals surface area (Å²) in [6, 6.07) is -1.22. The SMILES string of the molecule is COC(=O)C[C@H](C)S[C@H](C)C(=O)NC(=O)NCC(F)(F)F. The Labute approximate surface area is 124 Å². The fourth-order valence-corrected chi connectivity index (χ4v) is 2.33.